The maximum absolute atomic E-state index is 13.2. The minimum atomic E-state index is -0.538. The van der Waals surface area contributed by atoms with Crippen LogP contribution in [0.2, 0.25) is 0 Å². The molecule has 3 saturated carbocycles. The van der Waals surface area contributed by atoms with Gasteiger partial charge in [-0.05, 0) is 96.9 Å². The van der Waals surface area contributed by atoms with Gasteiger partial charge in [0.15, 0.2) is 5.78 Å². The predicted octanol–water partition coefficient (Wildman–Crippen LogP) is 7.82. The van der Waals surface area contributed by atoms with Gasteiger partial charge in [-0.1, -0.05) is 66.2 Å². The molecule has 7 atom stereocenters. The average Bonchev–Trinajstić information content (AvgIpc) is 2.81. The van der Waals surface area contributed by atoms with Gasteiger partial charge >= 0.3 is 0 Å². The molecule has 5 heteroatoms. The summed E-state index contributed by atoms with van der Waals surface area (Å²) < 4.78 is 0. The summed E-state index contributed by atoms with van der Waals surface area (Å²) in [5.74, 6) is 0.898. The predicted molar refractivity (Wildman–Crippen MR) is 145 cm³/mol. The number of carbonyl (C=O) groups excluding carboxylic acids is 1. The number of hydrogen-bond acceptors (Lipinski definition) is 4. The van der Waals surface area contributed by atoms with Crippen molar-refractivity contribution in [2.45, 2.75) is 99.8 Å². The summed E-state index contributed by atoms with van der Waals surface area (Å²) in [7, 11) is 0. The van der Waals surface area contributed by atoms with Crippen molar-refractivity contribution in [2.75, 3.05) is 0 Å². The first kappa shape index (κ1) is 26.4. The van der Waals surface area contributed by atoms with Gasteiger partial charge in [0.1, 0.15) is 6.07 Å². The number of allylic oxidation sites excluding steroid dienone is 5. The Morgan fingerprint density at radius 2 is 1.70 bits per heavy atom. The van der Waals surface area contributed by atoms with Gasteiger partial charge in [-0.3, -0.25) is 14.9 Å². The lowest BCUT2D eigenvalue weighted by atomic mass is 9.34. The van der Waals surface area contributed by atoms with Crippen LogP contribution in [0.1, 0.15) is 99.8 Å². The third-order valence-corrected chi connectivity index (χ3v) is 12.7. The minimum Gasteiger partial charge on any atom is -0.293 e. The fraction of sp³-hybridized carbons (Fsp3) is 0.750. The second kappa shape index (κ2) is 7.90. The summed E-state index contributed by atoms with van der Waals surface area (Å²) in [4.78, 5) is 24.3. The van der Waals surface area contributed by atoms with Gasteiger partial charge < -0.3 is 0 Å². The van der Waals surface area contributed by atoms with E-state index in [4.69, 9.17) is 0 Å². The lowest BCUT2D eigenvalue weighted by molar-refractivity contribution is -0.403. The van der Waals surface area contributed by atoms with Crippen LogP contribution in [-0.4, -0.2) is 10.7 Å². The molecule has 0 N–H and O–H groups in total. The SMILES string of the molecule is CC1(C)CC[C@]2(/C=C/[N+](=O)[O-])CC[C@]3(C)C(=CC[C@@H]4[C@@]5(C)C=C(C#N)C(=O)C(C)(C)[C@@H]5CC[C@]43C)[C@@H]2C1. The van der Waals surface area contributed by atoms with Crippen LogP contribution in [-0.2, 0) is 4.79 Å². The van der Waals surface area contributed by atoms with Crippen LogP contribution < -0.4 is 0 Å². The molecule has 0 amide bonds. The molecule has 37 heavy (non-hydrogen) atoms. The van der Waals surface area contributed by atoms with Crippen LogP contribution in [0.25, 0.3) is 0 Å². The van der Waals surface area contributed by atoms with Gasteiger partial charge in [-0.25, -0.2) is 0 Å². The maximum atomic E-state index is 13.2. The lowest BCUT2D eigenvalue weighted by Crippen LogP contribution is -2.63. The van der Waals surface area contributed by atoms with E-state index in [1.807, 2.05) is 6.08 Å². The monoisotopic (exact) mass is 504 g/mol. The second-order valence-corrected chi connectivity index (χ2v) is 15.1. The van der Waals surface area contributed by atoms with E-state index in [1.54, 1.807) is 0 Å². The zero-order chi connectivity index (χ0) is 27.2. The molecular formula is C32H44N2O3. The second-order valence-electron chi connectivity index (χ2n) is 15.1. The molecule has 0 aromatic rings. The van der Waals surface area contributed by atoms with E-state index in [1.165, 1.54) is 11.8 Å². The van der Waals surface area contributed by atoms with E-state index in [2.05, 4.69) is 66.7 Å². The standard InChI is InChI=1S/C32H44N2O3/c1-27(2)12-14-32(16-17-34(36)37)15-13-30(6)22(23(32)19-27)8-9-25-29(5)18-21(20-33)26(35)28(3,4)24(29)10-11-31(25,30)7/h8,16-18,23-25H,9-15,19H2,1-7H3/b17-16+/t23-,24-,25+,29-,30+,31+,32+/m0/s1. The number of nitrogens with zero attached hydrogens (tertiary/aromatic N) is 2. The Morgan fingerprint density at radius 1 is 1.03 bits per heavy atom. The molecule has 0 aliphatic heterocycles. The number of rotatable bonds is 2. The molecule has 0 heterocycles. The number of fused-ring (bicyclic) bond motifs is 7. The highest BCUT2D eigenvalue weighted by Gasteiger charge is 2.68. The summed E-state index contributed by atoms with van der Waals surface area (Å²) in [5, 5.41) is 21.3. The molecule has 0 saturated heterocycles. The summed E-state index contributed by atoms with van der Waals surface area (Å²) in [5.41, 5.74) is 1.25. The fourth-order valence-corrected chi connectivity index (χ4v) is 10.4. The zero-order valence-corrected chi connectivity index (χ0v) is 23.8. The Morgan fingerprint density at radius 3 is 2.35 bits per heavy atom. The summed E-state index contributed by atoms with van der Waals surface area (Å²) in [6.07, 6.45) is 15.9. The zero-order valence-electron chi connectivity index (χ0n) is 23.8. The van der Waals surface area contributed by atoms with E-state index in [0.717, 1.165) is 51.4 Å². The van der Waals surface area contributed by atoms with Crippen molar-refractivity contribution in [3.63, 3.8) is 0 Å². The van der Waals surface area contributed by atoms with E-state index >= 15 is 0 Å². The highest BCUT2D eigenvalue weighted by Crippen LogP contribution is 2.75. The highest BCUT2D eigenvalue weighted by atomic mass is 16.6. The molecule has 0 spiro atoms. The first-order chi connectivity index (χ1) is 17.1. The van der Waals surface area contributed by atoms with Gasteiger partial charge in [0.05, 0.1) is 10.5 Å². The van der Waals surface area contributed by atoms with Gasteiger partial charge in [0, 0.05) is 10.8 Å². The molecule has 0 radical (unpaired) electrons. The van der Waals surface area contributed by atoms with Gasteiger partial charge in [-0.15, -0.1) is 0 Å². The Hall–Kier alpha value is -2.22. The molecule has 5 aliphatic carbocycles. The normalized spacial score (nSPS) is 45.9. The van der Waals surface area contributed by atoms with Crippen LogP contribution in [0, 0.1) is 71.7 Å². The molecular weight excluding hydrogens is 460 g/mol. The Kier molecular flexibility index (Phi) is 5.64. The first-order valence-electron chi connectivity index (χ1n) is 14.3. The van der Waals surface area contributed by atoms with Crippen molar-refractivity contribution in [3.05, 3.63) is 45.7 Å². The molecule has 0 aromatic carbocycles. The van der Waals surface area contributed by atoms with Crippen molar-refractivity contribution < 1.29 is 9.72 Å². The van der Waals surface area contributed by atoms with Gasteiger partial charge in [-0.2, -0.15) is 5.26 Å². The molecule has 200 valence electrons. The first-order valence-corrected chi connectivity index (χ1v) is 14.3. The van der Waals surface area contributed by atoms with Crippen molar-refractivity contribution in [3.8, 4) is 6.07 Å². The number of nitriles is 1. The summed E-state index contributed by atoms with van der Waals surface area (Å²) >= 11 is 0. The Bertz CT molecular complexity index is 1180. The number of carbonyl (C=O) groups is 1. The van der Waals surface area contributed by atoms with Crippen LogP contribution in [0.15, 0.2) is 35.6 Å². The maximum Gasteiger partial charge on any atom is 0.231 e. The van der Waals surface area contributed by atoms with Crippen molar-refractivity contribution in [1.29, 1.82) is 5.26 Å². The average molecular weight is 505 g/mol. The largest absolute Gasteiger partial charge is 0.293 e. The minimum absolute atomic E-state index is 0.000184. The topological polar surface area (TPSA) is 84.0 Å². The van der Waals surface area contributed by atoms with Gasteiger partial charge in [0.2, 0.25) is 6.20 Å². The lowest BCUT2D eigenvalue weighted by Gasteiger charge is -2.70. The van der Waals surface area contributed by atoms with Crippen LogP contribution in [0.3, 0.4) is 0 Å². The van der Waals surface area contributed by atoms with E-state index < -0.39 is 5.41 Å². The summed E-state index contributed by atoms with van der Waals surface area (Å²) in [6.45, 7) is 16.1. The summed E-state index contributed by atoms with van der Waals surface area (Å²) in [6, 6.07) is 2.25. The van der Waals surface area contributed by atoms with Gasteiger partial charge in [0.25, 0.3) is 0 Å². The van der Waals surface area contributed by atoms with Crippen LogP contribution in [0.4, 0.5) is 0 Å². The van der Waals surface area contributed by atoms with Crippen LogP contribution >= 0.6 is 0 Å². The highest BCUT2D eigenvalue weighted by molar-refractivity contribution is 6.04. The molecule has 0 aromatic heterocycles. The van der Waals surface area contributed by atoms with Crippen molar-refractivity contribution >= 4 is 5.78 Å². The molecule has 5 aliphatic rings. The molecule has 3 fully saturated rings. The third kappa shape index (κ3) is 3.43. The quantitative estimate of drug-likeness (QED) is 0.218. The number of hydrogen-bond donors (Lipinski definition) is 0. The van der Waals surface area contributed by atoms with Crippen molar-refractivity contribution in [1.82, 2.24) is 0 Å². The fourth-order valence-electron chi connectivity index (χ4n) is 10.4. The Labute approximate surface area is 222 Å². The molecule has 5 rings (SSSR count). The number of Topliss-reactive ketones (excluding diaryl/α,β-unsaturated/α-hetero) is 1. The van der Waals surface area contributed by atoms with Crippen LogP contribution in [0.5, 0.6) is 0 Å². The van der Waals surface area contributed by atoms with E-state index in [0.29, 0.717) is 17.4 Å². The number of nitro groups is 1. The molecule has 5 nitrogen and oxygen atoms in total. The van der Waals surface area contributed by atoms with Crippen molar-refractivity contribution in [2.24, 2.45) is 50.2 Å². The number of ketones is 1. The Balaban J connectivity index is 1.64. The van der Waals surface area contributed by atoms with E-state index in [-0.39, 0.29) is 43.7 Å². The molecule has 0 bridgehead atoms. The third-order valence-electron chi connectivity index (χ3n) is 12.7. The molecule has 0 unspecified atom stereocenters. The van der Waals surface area contributed by atoms with E-state index in [9.17, 15) is 20.2 Å². The smallest absolute Gasteiger partial charge is 0.231 e.